The molecule has 5 heteroatoms. The van der Waals surface area contributed by atoms with E-state index in [9.17, 15) is 0 Å². The Kier molecular flexibility index (Phi) is 9.43. The van der Waals surface area contributed by atoms with Gasteiger partial charge in [0.15, 0.2) is 11.6 Å². The van der Waals surface area contributed by atoms with Gasteiger partial charge in [0.1, 0.15) is 0 Å². The zero-order valence-corrected chi connectivity index (χ0v) is 36.9. The largest absolute Gasteiger partial charge is 0.309 e. The Balaban J connectivity index is 1.02. The molecule has 5 nitrogen and oxygen atoms in total. The Morgan fingerprint density at radius 3 is 1.31 bits per heavy atom. The number of hydrogen-bond acceptors (Lipinski definition) is 3. The molecule has 13 rings (SSSR count). The fourth-order valence-electron chi connectivity index (χ4n) is 10.0. The van der Waals surface area contributed by atoms with Gasteiger partial charge < -0.3 is 4.57 Å². The molecule has 68 heavy (non-hydrogen) atoms. The lowest BCUT2D eigenvalue weighted by atomic mass is 9.96. The molecule has 0 bridgehead atoms. The van der Waals surface area contributed by atoms with Gasteiger partial charge in [0.2, 0.25) is 5.95 Å². The summed E-state index contributed by atoms with van der Waals surface area (Å²) in [6, 6.07) is 88.2. The predicted molar refractivity (Wildman–Crippen MR) is 281 cm³/mol. The first-order chi connectivity index (χ1) is 33.7. The van der Waals surface area contributed by atoms with Crippen molar-refractivity contribution in [3.05, 3.63) is 249 Å². The highest BCUT2D eigenvalue weighted by Crippen LogP contribution is 2.41. The van der Waals surface area contributed by atoms with Crippen LogP contribution in [-0.4, -0.2) is 24.1 Å². The lowest BCUT2D eigenvalue weighted by Gasteiger charge is -2.17. The fraction of sp³-hybridized carbons (Fsp3) is 0. The molecule has 3 aromatic heterocycles. The summed E-state index contributed by atoms with van der Waals surface area (Å²) < 4.78 is 4.64. The summed E-state index contributed by atoms with van der Waals surface area (Å²) >= 11 is 0. The van der Waals surface area contributed by atoms with Crippen LogP contribution in [0, 0.1) is 0 Å². The highest BCUT2D eigenvalue weighted by molar-refractivity contribution is 6.14. The summed E-state index contributed by atoms with van der Waals surface area (Å²) in [5.74, 6) is 1.74. The minimum atomic E-state index is 0.554. The SMILES string of the molecule is c1ccc(-c2cccc(-c3nc(-c4ccc(-c5cc(-c6ccccc6)ccc5-n5c6ccccc6c6ccccc65)cc4)nc(-n4c5ccccc5c5cccc(-c6ccccc6)c54)n3)c2)cc1. The van der Waals surface area contributed by atoms with E-state index in [2.05, 4.69) is 252 Å². The number of rotatable bonds is 8. The predicted octanol–water partition coefficient (Wildman–Crippen LogP) is 16.1. The van der Waals surface area contributed by atoms with Crippen LogP contribution in [0.5, 0.6) is 0 Å². The van der Waals surface area contributed by atoms with Crippen LogP contribution in [0.4, 0.5) is 0 Å². The normalized spacial score (nSPS) is 11.5. The Morgan fingerprint density at radius 1 is 0.250 bits per heavy atom. The van der Waals surface area contributed by atoms with E-state index in [-0.39, 0.29) is 0 Å². The Morgan fingerprint density at radius 2 is 0.676 bits per heavy atom. The van der Waals surface area contributed by atoms with Crippen molar-refractivity contribution in [3.63, 3.8) is 0 Å². The summed E-state index contributed by atoms with van der Waals surface area (Å²) in [6.45, 7) is 0. The zero-order chi connectivity index (χ0) is 45.0. The topological polar surface area (TPSA) is 48.5 Å². The first kappa shape index (κ1) is 39.2. The highest BCUT2D eigenvalue weighted by atomic mass is 15.2. The molecule has 0 fully saturated rings. The molecule has 0 atom stereocenters. The molecule has 3 heterocycles. The van der Waals surface area contributed by atoms with E-state index in [4.69, 9.17) is 15.0 Å². The zero-order valence-electron chi connectivity index (χ0n) is 36.9. The van der Waals surface area contributed by atoms with Crippen LogP contribution in [0.1, 0.15) is 0 Å². The number of fused-ring (bicyclic) bond motifs is 6. The molecular weight excluding hydrogens is 827 g/mol. The molecular formula is C63H41N5. The molecule has 10 aromatic carbocycles. The second kappa shape index (κ2) is 16.4. The van der Waals surface area contributed by atoms with Gasteiger partial charge in [-0.1, -0.05) is 212 Å². The van der Waals surface area contributed by atoms with Gasteiger partial charge in [-0.15, -0.1) is 0 Å². The maximum Gasteiger partial charge on any atom is 0.238 e. The molecule has 0 radical (unpaired) electrons. The quantitative estimate of drug-likeness (QED) is 0.153. The van der Waals surface area contributed by atoms with E-state index in [1.807, 2.05) is 6.07 Å². The van der Waals surface area contributed by atoms with Crippen LogP contribution in [0.2, 0.25) is 0 Å². The van der Waals surface area contributed by atoms with E-state index in [0.29, 0.717) is 17.6 Å². The number of nitrogens with zero attached hydrogens (tertiary/aromatic N) is 5. The molecule has 0 spiro atoms. The van der Waals surface area contributed by atoms with E-state index in [0.717, 1.165) is 77.6 Å². The van der Waals surface area contributed by atoms with Gasteiger partial charge in [0, 0.05) is 43.8 Å². The number of benzene rings is 10. The third kappa shape index (κ3) is 6.68. The number of aromatic nitrogens is 5. The van der Waals surface area contributed by atoms with Crippen LogP contribution in [0.3, 0.4) is 0 Å². The van der Waals surface area contributed by atoms with Gasteiger partial charge in [-0.2, -0.15) is 9.97 Å². The smallest absolute Gasteiger partial charge is 0.238 e. The molecule has 0 aliphatic heterocycles. The second-order valence-electron chi connectivity index (χ2n) is 17.2. The summed E-state index contributed by atoms with van der Waals surface area (Å²) in [7, 11) is 0. The Labute approximate surface area is 393 Å². The summed E-state index contributed by atoms with van der Waals surface area (Å²) in [5.41, 5.74) is 16.3. The van der Waals surface area contributed by atoms with Gasteiger partial charge in [0.05, 0.1) is 27.8 Å². The maximum absolute atomic E-state index is 5.41. The van der Waals surface area contributed by atoms with Crippen LogP contribution in [-0.2, 0) is 0 Å². The van der Waals surface area contributed by atoms with Crippen LogP contribution in [0.15, 0.2) is 249 Å². The molecule has 0 saturated heterocycles. The standard InChI is InChI=1S/C63H41N5/c1-4-18-42(19-5-1)47-24-16-25-49(40-47)62-64-61(65-63(66-62)68-58-33-15-12-28-53(58)54-30-17-29-50(60(54)68)44-22-8-3-9-23-44)46-36-34-45(35-37-46)55-41-48(43-20-6-2-7-21-43)38-39-59(55)67-56-31-13-10-26-51(56)52-27-11-14-32-57(52)67/h1-41H. The Bertz CT molecular complexity index is 3950. The van der Waals surface area contributed by atoms with Gasteiger partial charge in [0.25, 0.3) is 0 Å². The van der Waals surface area contributed by atoms with Crippen molar-refractivity contribution in [2.24, 2.45) is 0 Å². The first-order valence-electron chi connectivity index (χ1n) is 23.0. The second-order valence-corrected chi connectivity index (χ2v) is 17.2. The van der Waals surface area contributed by atoms with Gasteiger partial charge in [-0.3, -0.25) is 4.57 Å². The molecule has 0 aliphatic rings. The monoisotopic (exact) mass is 867 g/mol. The van der Waals surface area contributed by atoms with Crippen LogP contribution in [0.25, 0.3) is 123 Å². The Hall–Kier alpha value is -9.19. The van der Waals surface area contributed by atoms with Crippen molar-refractivity contribution in [3.8, 4) is 78.9 Å². The summed E-state index contributed by atoms with van der Waals surface area (Å²) in [4.78, 5) is 16.1. The molecule has 13 aromatic rings. The lowest BCUT2D eigenvalue weighted by molar-refractivity contribution is 0.954. The van der Waals surface area contributed by atoms with Gasteiger partial charge >= 0.3 is 0 Å². The van der Waals surface area contributed by atoms with Crippen molar-refractivity contribution in [2.75, 3.05) is 0 Å². The lowest BCUT2D eigenvalue weighted by Crippen LogP contribution is -2.07. The van der Waals surface area contributed by atoms with Crippen molar-refractivity contribution < 1.29 is 0 Å². The summed E-state index contributed by atoms with van der Waals surface area (Å²) in [5, 5.41) is 4.73. The number of hydrogen-bond donors (Lipinski definition) is 0. The molecule has 0 unspecified atom stereocenters. The van der Waals surface area contributed by atoms with Gasteiger partial charge in [-0.25, -0.2) is 4.98 Å². The third-order valence-electron chi connectivity index (χ3n) is 13.2. The van der Waals surface area contributed by atoms with E-state index >= 15 is 0 Å². The van der Waals surface area contributed by atoms with E-state index < -0.39 is 0 Å². The minimum Gasteiger partial charge on any atom is -0.309 e. The summed E-state index contributed by atoms with van der Waals surface area (Å²) in [6.07, 6.45) is 0. The van der Waals surface area contributed by atoms with Crippen molar-refractivity contribution in [1.29, 1.82) is 0 Å². The van der Waals surface area contributed by atoms with Crippen molar-refractivity contribution in [2.45, 2.75) is 0 Å². The molecule has 0 saturated carbocycles. The first-order valence-corrected chi connectivity index (χ1v) is 23.0. The fourth-order valence-corrected chi connectivity index (χ4v) is 10.0. The van der Waals surface area contributed by atoms with Crippen molar-refractivity contribution >= 4 is 43.6 Å². The van der Waals surface area contributed by atoms with E-state index in [1.54, 1.807) is 0 Å². The third-order valence-corrected chi connectivity index (χ3v) is 13.2. The van der Waals surface area contributed by atoms with Gasteiger partial charge in [-0.05, 0) is 69.8 Å². The molecule has 318 valence electrons. The molecule has 0 amide bonds. The highest BCUT2D eigenvalue weighted by Gasteiger charge is 2.22. The van der Waals surface area contributed by atoms with E-state index in [1.165, 1.54) is 27.4 Å². The maximum atomic E-state index is 5.41. The van der Waals surface area contributed by atoms with Crippen LogP contribution < -0.4 is 0 Å². The van der Waals surface area contributed by atoms with Crippen LogP contribution >= 0.6 is 0 Å². The number of para-hydroxylation sites is 4. The average Bonchev–Trinajstić information content (AvgIpc) is 3.95. The minimum absolute atomic E-state index is 0.554. The van der Waals surface area contributed by atoms with Crippen molar-refractivity contribution in [1.82, 2.24) is 24.1 Å². The average molecular weight is 868 g/mol. The molecule has 0 aliphatic carbocycles. The molecule has 0 N–H and O–H groups in total.